The average Bonchev–Trinajstić information content (AvgIpc) is 2.44. The van der Waals surface area contributed by atoms with Crippen molar-refractivity contribution in [3.63, 3.8) is 0 Å². The Morgan fingerprint density at radius 2 is 2.10 bits per heavy atom. The molecular formula is C15H24N4O. The number of benzene rings is 1. The van der Waals surface area contributed by atoms with Crippen LogP contribution < -0.4 is 16.4 Å². The topological polar surface area (TPSA) is 79.5 Å². The van der Waals surface area contributed by atoms with Gasteiger partial charge in [-0.3, -0.25) is 9.79 Å². The molecule has 5 heteroatoms. The van der Waals surface area contributed by atoms with Gasteiger partial charge in [0.1, 0.15) is 0 Å². The van der Waals surface area contributed by atoms with E-state index in [0.717, 1.165) is 12.1 Å². The van der Waals surface area contributed by atoms with E-state index in [1.54, 1.807) is 7.05 Å². The van der Waals surface area contributed by atoms with Gasteiger partial charge in [-0.15, -0.1) is 0 Å². The molecular weight excluding hydrogens is 252 g/mol. The number of aliphatic imine (C=N–C) groups is 1. The van der Waals surface area contributed by atoms with Crippen LogP contribution in [0.4, 0.5) is 5.69 Å². The summed E-state index contributed by atoms with van der Waals surface area (Å²) in [6.07, 6.45) is 0.969. The molecule has 0 saturated heterocycles. The molecule has 0 radical (unpaired) electrons. The Morgan fingerprint density at radius 1 is 1.40 bits per heavy atom. The molecule has 0 unspecified atom stereocenters. The van der Waals surface area contributed by atoms with E-state index in [9.17, 15) is 4.79 Å². The van der Waals surface area contributed by atoms with Crippen LogP contribution in [0.15, 0.2) is 29.3 Å². The number of amides is 1. The zero-order valence-corrected chi connectivity index (χ0v) is 12.7. The largest absolute Gasteiger partial charge is 0.370 e. The van der Waals surface area contributed by atoms with Gasteiger partial charge in [-0.1, -0.05) is 19.1 Å². The van der Waals surface area contributed by atoms with Crippen LogP contribution >= 0.6 is 0 Å². The molecule has 1 rings (SSSR count). The van der Waals surface area contributed by atoms with Crippen molar-refractivity contribution in [2.24, 2.45) is 16.1 Å². The molecule has 0 aliphatic rings. The van der Waals surface area contributed by atoms with Gasteiger partial charge in [-0.25, -0.2) is 0 Å². The Balaban J connectivity index is 2.68. The number of nitrogens with two attached hydrogens (primary N) is 1. The van der Waals surface area contributed by atoms with Gasteiger partial charge in [-0.05, 0) is 38.0 Å². The third-order valence-electron chi connectivity index (χ3n) is 3.09. The molecule has 0 bridgehead atoms. The highest BCUT2D eigenvalue weighted by molar-refractivity contribution is 5.92. The van der Waals surface area contributed by atoms with Gasteiger partial charge in [-0.2, -0.15) is 0 Å². The number of guanidine groups is 1. The first-order valence-corrected chi connectivity index (χ1v) is 6.77. The zero-order chi connectivity index (χ0) is 15.2. The molecule has 1 aromatic carbocycles. The number of rotatable bonds is 5. The maximum absolute atomic E-state index is 11.6. The molecule has 20 heavy (non-hydrogen) atoms. The van der Waals surface area contributed by atoms with E-state index >= 15 is 0 Å². The maximum atomic E-state index is 11.6. The van der Waals surface area contributed by atoms with E-state index in [-0.39, 0.29) is 5.91 Å². The lowest BCUT2D eigenvalue weighted by atomic mass is 9.93. The fraction of sp³-hybridized carbons (Fsp3) is 0.467. The molecule has 0 aromatic heterocycles. The molecule has 1 aromatic rings. The molecule has 0 aliphatic heterocycles. The van der Waals surface area contributed by atoms with Crippen LogP contribution in [0.25, 0.3) is 0 Å². The van der Waals surface area contributed by atoms with Crippen molar-refractivity contribution < 1.29 is 4.79 Å². The summed E-state index contributed by atoms with van der Waals surface area (Å²) >= 11 is 0. The number of aryl methyl sites for hydroxylation is 1. The molecule has 0 heterocycles. The quantitative estimate of drug-likeness (QED) is 0.566. The van der Waals surface area contributed by atoms with Crippen LogP contribution in [-0.2, 0) is 11.2 Å². The van der Waals surface area contributed by atoms with Gasteiger partial charge in [0.05, 0.1) is 12.0 Å². The van der Waals surface area contributed by atoms with Crippen LogP contribution in [0, 0.1) is 5.41 Å². The third kappa shape index (κ3) is 4.57. The first-order chi connectivity index (χ1) is 9.39. The first kappa shape index (κ1) is 16.0. The third-order valence-corrected chi connectivity index (χ3v) is 3.09. The van der Waals surface area contributed by atoms with E-state index in [0.29, 0.717) is 12.5 Å². The van der Waals surface area contributed by atoms with Crippen LogP contribution in [0.2, 0.25) is 0 Å². The summed E-state index contributed by atoms with van der Waals surface area (Å²) in [4.78, 5) is 15.9. The van der Waals surface area contributed by atoms with Gasteiger partial charge in [0.25, 0.3) is 0 Å². The minimum Gasteiger partial charge on any atom is -0.370 e. The number of anilines is 1. The van der Waals surface area contributed by atoms with Crippen molar-refractivity contribution in [2.45, 2.75) is 27.2 Å². The number of hydrogen-bond acceptors (Lipinski definition) is 2. The highest BCUT2D eigenvalue weighted by Crippen LogP contribution is 2.15. The zero-order valence-electron chi connectivity index (χ0n) is 12.7. The smallest absolute Gasteiger partial charge is 0.227 e. The average molecular weight is 276 g/mol. The monoisotopic (exact) mass is 276 g/mol. The van der Waals surface area contributed by atoms with Gasteiger partial charge in [0.2, 0.25) is 5.91 Å². The minimum atomic E-state index is -0.577. The second-order valence-electron chi connectivity index (χ2n) is 5.34. The fourth-order valence-corrected chi connectivity index (χ4v) is 1.75. The number of hydrogen-bond donors (Lipinski definition) is 3. The lowest BCUT2D eigenvalue weighted by Crippen LogP contribution is -2.37. The van der Waals surface area contributed by atoms with E-state index in [1.807, 2.05) is 32.0 Å². The van der Waals surface area contributed by atoms with Crippen LogP contribution in [0.3, 0.4) is 0 Å². The molecule has 0 spiro atoms. The maximum Gasteiger partial charge on any atom is 0.227 e. The van der Waals surface area contributed by atoms with Crippen molar-refractivity contribution >= 4 is 17.6 Å². The second kappa shape index (κ2) is 6.93. The Morgan fingerprint density at radius 3 is 2.70 bits per heavy atom. The van der Waals surface area contributed by atoms with Crippen molar-refractivity contribution in [3.8, 4) is 0 Å². The number of carbonyl (C=O) groups is 1. The molecule has 0 aliphatic carbocycles. The van der Waals surface area contributed by atoms with Gasteiger partial charge >= 0.3 is 0 Å². The predicted molar refractivity (Wildman–Crippen MR) is 83.8 cm³/mol. The van der Waals surface area contributed by atoms with E-state index in [2.05, 4.69) is 28.6 Å². The van der Waals surface area contributed by atoms with E-state index < -0.39 is 5.41 Å². The molecule has 0 saturated carbocycles. The summed E-state index contributed by atoms with van der Waals surface area (Å²) < 4.78 is 0. The summed E-state index contributed by atoms with van der Waals surface area (Å²) in [7, 11) is 1.62. The normalized spacial score (nSPS) is 12.1. The number of nitrogens with one attached hydrogen (secondary N) is 2. The van der Waals surface area contributed by atoms with Crippen LogP contribution in [0.5, 0.6) is 0 Å². The van der Waals surface area contributed by atoms with Crippen LogP contribution in [-0.4, -0.2) is 25.5 Å². The van der Waals surface area contributed by atoms with Crippen molar-refractivity contribution in [2.75, 3.05) is 18.9 Å². The van der Waals surface area contributed by atoms with E-state index in [4.69, 9.17) is 5.73 Å². The molecule has 0 fully saturated rings. The summed E-state index contributed by atoms with van der Waals surface area (Å²) in [6, 6.07) is 8.01. The second-order valence-corrected chi connectivity index (χ2v) is 5.34. The van der Waals surface area contributed by atoms with Gasteiger partial charge in [0.15, 0.2) is 5.96 Å². The summed E-state index contributed by atoms with van der Waals surface area (Å²) in [5.41, 5.74) is 7.41. The van der Waals surface area contributed by atoms with Gasteiger partial charge < -0.3 is 16.4 Å². The molecule has 5 nitrogen and oxygen atoms in total. The van der Waals surface area contributed by atoms with Crippen LogP contribution in [0.1, 0.15) is 26.3 Å². The lowest BCUT2D eigenvalue weighted by molar-refractivity contribution is -0.128. The molecule has 110 valence electrons. The van der Waals surface area contributed by atoms with Gasteiger partial charge in [0, 0.05) is 12.7 Å². The lowest BCUT2D eigenvalue weighted by Gasteiger charge is -2.20. The minimum absolute atomic E-state index is 0.0537. The SMILES string of the molecule is CCc1cccc(NC(N)=NCC(C)(C)C(=O)NC)c1. The van der Waals surface area contributed by atoms with E-state index in [1.165, 1.54) is 5.56 Å². The number of nitrogens with zero attached hydrogens (tertiary/aromatic N) is 1. The Labute approximate surface area is 120 Å². The standard InChI is InChI=1S/C15H24N4O/c1-5-11-7-6-8-12(9-11)19-14(16)18-10-15(2,3)13(20)17-4/h6-9H,5,10H2,1-4H3,(H,17,20)(H3,16,18,19). The Kier molecular flexibility index (Phi) is 5.55. The molecule has 0 atom stereocenters. The van der Waals surface area contributed by atoms with Crippen molar-refractivity contribution in [1.82, 2.24) is 5.32 Å². The summed E-state index contributed by atoms with van der Waals surface area (Å²) in [5.74, 6) is 0.261. The van der Waals surface area contributed by atoms with Crippen molar-refractivity contribution in [3.05, 3.63) is 29.8 Å². The predicted octanol–water partition coefficient (Wildman–Crippen LogP) is 1.75. The molecule has 1 amide bonds. The summed E-state index contributed by atoms with van der Waals surface area (Å²) in [6.45, 7) is 6.10. The highest BCUT2D eigenvalue weighted by Gasteiger charge is 2.26. The first-order valence-electron chi connectivity index (χ1n) is 6.77. The molecule has 4 N–H and O–H groups in total. The Bertz CT molecular complexity index is 494. The fourth-order valence-electron chi connectivity index (χ4n) is 1.75. The highest BCUT2D eigenvalue weighted by atomic mass is 16.2. The number of carbonyl (C=O) groups excluding carboxylic acids is 1. The van der Waals surface area contributed by atoms with Crippen molar-refractivity contribution in [1.29, 1.82) is 0 Å². The Hall–Kier alpha value is -2.04. The summed E-state index contributed by atoms with van der Waals surface area (Å²) in [5, 5.41) is 5.67.